The van der Waals surface area contributed by atoms with Gasteiger partial charge in [0.15, 0.2) is 0 Å². The van der Waals surface area contributed by atoms with Crippen LogP contribution in [-0.4, -0.2) is 47.1 Å². The molecular weight excluding hydrogens is 531 g/mol. The first-order valence-corrected chi connectivity index (χ1v) is 13.3. The van der Waals surface area contributed by atoms with Gasteiger partial charge in [0.2, 0.25) is 0 Å². The highest BCUT2D eigenvalue weighted by atomic mass is 19.4. The van der Waals surface area contributed by atoms with Gasteiger partial charge >= 0.3 is 6.18 Å². The average Bonchev–Trinajstić information content (AvgIpc) is 2.98. The van der Waals surface area contributed by atoms with Crippen LogP contribution in [0.2, 0.25) is 0 Å². The van der Waals surface area contributed by atoms with E-state index in [4.69, 9.17) is 9.72 Å². The molecule has 1 aliphatic rings. The van der Waals surface area contributed by atoms with Gasteiger partial charge in [-0.3, -0.25) is 14.7 Å². The van der Waals surface area contributed by atoms with E-state index < -0.39 is 17.6 Å². The van der Waals surface area contributed by atoms with E-state index in [2.05, 4.69) is 32.7 Å². The number of anilines is 2. The number of alkyl halides is 3. The highest BCUT2D eigenvalue weighted by Gasteiger charge is 2.31. The molecule has 0 unspecified atom stereocenters. The fourth-order valence-electron chi connectivity index (χ4n) is 4.60. The van der Waals surface area contributed by atoms with E-state index in [1.165, 1.54) is 17.7 Å². The lowest BCUT2D eigenvalue weighted by Gasteiger charge is -2.26. The number of ether oxygens (including phenoxy) is 1. The Labute approximate surface area is 236 Å². The molecular formula is C31H30F3N5O2. The highest BCUT2D eigenvalue weighted by Crippen LogP contribution is 2.30. The van der Waals surface area contributed by atoms with Crippen molar-refractivity contribution < 1.29 is 22.7 Å². The van der Waals surface area contributed by atoms with E-state index >= 15 is 0 Å². The van der Waals surface area contributed by atoms with Crippen molar-refractivity contribution in [3.8, 4) is 11.3 Å². The van der Waals surface area contributed by atoms with E-state index in [1.54, 1.807) is 30.6 Å². The first-order valence-electron chi connectivity index (χ1n) is 13.3. The molecule has 5 rings (SSSR count). The smallest absolute Gasteiger partial charge is 0.379 e. The highest BCUT2D eigenvalue weighted by molar-refractivity contribution is 6.04. The summed E-state index contributed by atoms with van der Waals surface area (Å²) in [6.45, 7) is 6.24. The van der Waals surface area contributed by atoms with Crippen molar-refractivity contribution in [3.05, 3.63) is 107 Å². The number of carbonyl (C=O) groups is 1. The lowest BCUT2D eigenvalue weighted by molar-refractivity contribution is -0.137. The number of hydrogen-bond acceptors (Lipinski definition) is 6. The van der Waals surface area contributed by atoms with Crippen LogP contribution in [0.15, 0.2) is 85.2 Å². The average molecular weight is 562 g/mol. The first kappa shape index (κ1) is 28.3. The fourth-order valence-corrected chi connectivity index (χ4v) is 4.60. The summed E-state index contributed by atoms with van der Waals surface area (Å²) in [4.78, 5) is 24.1. The molecule has 0 radical (unpaired) electrons. The maximum atomic E-state index is 13.0. The van der Waals surface area contributed by atoms with E-state index in [9.17, 15) is 18.0 Å². The molecule has 2 heterocycles. The molecule has 1 saturated heterocycles. The van der Waals surface area contributed by atoms with Crippen LogP contribution in [0.1, 0.15) is 40.0 Å². The third-order valence-corrected chi connectivity index (χ3v) is 6.86. The number of nitrogens with zero attached hydrogens (tertiary/aromatic N) is 3. The van der Waals surface area contributed by atoms with Crippen LogP contribution >= 0.6 is 0 Å². The molecule has 10 heteroatoms. The Hall–Kier alpha value is -4.28. The first-order chi connectivity index (χ1) is 19.7. The minimum absolute atomic E-state index is 0.0716. The second kappa shape index (κ2) is 12.5. The predicted molar refractivity (Wildman–Crippen MR) is 151 cm³/mol. The summed E-state index contributed by atoms with van der Waals surface area (Å²) in [5, 5.41) is 6.03. The number of morpholine rings is 1. The molecule has 0 saturated carbocycles. The van der Waals surface area contributed by atoms with Gasteiger partial charge in [0.1, 0.15) is 5.82 Å². The molecule has 3 aromatic carbocycles. The summed E-state index contributed by atoms with van der Waals surface area (Å²) < 4.78 is 44.5. The van der Waals surface area contributed by atoms with Gasteiger partial charge in [-0.15, -0.1) is 0 Å². The molecule has 4 aromatic rings. The monoisotopic (exact) mass is 561 g/mol. The Morgan fingerprint density at radius 3 is 2.51 bits per heavy atom. The number of nitrogens with one attached hydrogen (secondary N) is 2. The molecule has 1 aliphatic heterocycles. The van der Waals surface area contributed by atoms with E-state index in [0.717, 1.165) is 61.8 Å². The maximum Gasteiger partial charge on any atom is 0.416 e. The number of amides is 1. The lowest BCUT2D eigenvalue weighted by atomic mass is 10.1. The van der Waals surface area contributed by atoms with Crippen LogP contribution in [0.4, 0.5) is 24.7 Å². The van der Waals surface area contributed by atoms with Crippen LogP contribution in [0.3, 0.4) is 0 Å². The van der Waals surface area contributed by atoms with Crippen LogP contribution < -0.4 is 10.6 Å². The third kappa shape index (κ3) is 7.47. The predicted octanol–water partition coefficient (Wildman–Crippen LogP) is 6.42. The van der Waals surface area contributed by atoms with Crippen LogP contribution in [0.25, 0.3) is 11.3 Å². The Morgan fingerprint density at radius 1 is 1.00 bits per heavy atom. The minimum atomic E-state index is -4.52. The number of aromatic nitrogens is 2. The van der Waals surface area contributed by atoms with Gasteiger partial charge in [0.05, 0.1) is 42.9 Å². The molecule has 0 bridgehead atoms. The van der Waals surface area contributed by atoms with Crippen molar-refractivity contribution in [2.45, 2.75) is 25.7 Å². The third-order valence-electron chi connectivity index (χ3n) is 6.86. The molecule has 1 aromatic heterocycles. The van der Waals surface area contributed by atoms with Crippen molar-refractivity contribution in [3.63, 3.8) is 0 Å². The lowest BCUT2D eigenvalue weighted by Crippen LogP contribution is -2.35. The molecule has 1 fully saturated rings. The number of rotatable bonds is 8. The molecule has 212 valence electrons. The summed E-state index contributed by atoms with van der Waals surface area (Å²) >= 11 is 0. The molecule has 0 aliphatic carbocycles. The minimum Gasteiger partial charge on any atom is -0.379 e. The van der Waals surface area contributed by atoms with Crippen molar-refractivity contribution in [1.82, 2.24) is 14.9 Å². The molecule has 1 atom stereocenters. The van der Waals surface area contributed by atoms with Gasteiger partial charge < -0.3 is 15.4 Å². The number of benzene rings is 3. The second-order valence-corrected chi connectivity index (χ2v) is 9.90. The Balaban J connectivity index is 1.23. The summed E-state index contributed by atoms with van der Waals surface area (Å²) in [5.41, 5.74) is 3.30. The zero-order valence-corrected chi connectivity index (χ0v) is 22.5. The zero-order valence-electron chi connectivity index (χ0n) is 22.5. The van der Waals surface area contributed by atoms with Gasteiger partial charge in [0, 0.05) is 36.4 Å². The summed E-state index contributed by atoms with van der Waals surface area (Å²) in [5.74, 6) is -0.0332. The van der Waals surface area contributed by atoms with Crippen molar-refractivity contribution in [2.75, 3.05) is 36.9 Å². The van der Waals surface area contributed by atoms with Crippen LogP contribution in [0, 0.1) is 0 Å². The van der Waals surface area contributed by atoms with Gasteiger partial charge in [-0.2, -0.15) is 13.2 Å². The Kier molecular flexibility index (Phi) is 8.61. The molecule has 2 N–H and O–H groups in total. The Morgan fingerprint density at radius 2 is 1.76 bits per heavy atom. The van der Waals surface area contributed by atoms with E-state index in [-0.39, 0.29) is 11.6 Å². The van der Waals surface area contributed by atoms with Crippen molar-refractivity contribution in [1.29, 1.82) is 0 Å². The van der Waals surface area contributed by atoms with Gasteiger partial charge in [0.25, 0.3) is 5.91 Å². The van der Waals surface area contributed by atoms with Gasteiger partial charge in [-0.1, -0.05) is 42.5 Å². The quantitative estimate of drug-likeness (QED) is 0.259. The summed E-state index contributed by atoms with van der Waals surface area (Å²) in [6.07, 6.45) is -1.16. The second-order valence-electron chi connectivity index (χ2n) is 9.90. The fraction of sp³-hybridized carbons (Fsp3) is 0.258. The number of halogens is 3. The largest absolute Gasteiger partial charge is 0.416 e. The molecule has 1 amide bonds. The van der Waals surface area contributed by atoms with E-state index in [1.807, 2.05) is 25.1 Å². The summed E-state index contributed by atoms with van der Waals surface area (Å²) in [6, 6.07) is 19.6. The van der Waals surface area contributed by atoms with Crippen LogP contribution in [-0.2, 0) is 17.5 Å². The van der Waals surface area contributed by atoms with Crippen molar-refractivity contribution in [2.24, 2.45) is 0 Å². The maximum absolute atomic E-state index is 13.0. The summed E-state index contributed by atoms with van der Waals surface area (Å²) in [7, 11) is 0. The normalized spacial score (nSPS) is 14.8. The van der Waals surface area contributed by atoms with Gasteiger partial charge in [-0.05, 0) is 48.4 Å². The topological polar surface area (TPSA) is 79.4 Å². The standard InChI is InChI=1S/C31H30F3N5O2/c1-21(24-4-3-7-27(17-24)37-30(40)25-5-2-6-26(16-25)31(32,33)34)36-29-19-35-18-28(38-29)23-10-8-22(9-11-23)20-39-12-14-41-15-13-39/h2-11,16-19,21H,12-15,20H2,1H3,(H,36,38)(H,37,40)/t21-/m0/s1. The van der Waals surface area contributed by atoms with E-state index in [0.29, 0.717) is 11.5 Å². The zero-order chi connectivity index (χ0) is 28.8. The van der Waals surface area contributed by atoms with Crippen molar-refractivity contribution >= 4 is 17.4 Å². The van der Waals surface area contributed by atoms with Crippen LogP contribution in [0.5, 0.6) is 0 Å². The Bertz CT molecular complexity index is 1490. The molecule has 0 spiro atoms. The molecule has 7 nitrogen and oxygen atoms in total. The molecule has 41 heavy (non-hydrogen) atoms. The van der Waals surface area contributed by atoms with Gasteiger partial charge in [-0.25, -0.2) is 4.98 Å². The SMILES string of the molecule is C[C@H](Nc1cncc(-c2ccc(CN3CCOCC3)cc2)n1)c1cccc(NC(=O)c2cccc(C(F)(F)F)c2)c1. The number of hydrogen-bond donors (Lipinski definition) is 2. The number of carbonyl (C=O) groups excluding carboxylic acids is 1.